The van der Waals surface area contributed by atoms with E-state index in [1.165, 1.54) is 12.8 Å². The number of alkyl carbamates (subject to hydrolysis) is 1. The number of thiol groups is 1. The number of fused-ring (bicyclic) bond motifs is 1. The lowest BCUT2D eigenvalue weighted by Crippen LogP contribution is -2.32. The molecule has 2 heterocycles. The Bertz CT molecular complexity index is 880. The Morgan fingerprint density at radius 1 is 1.18 bits per heavy atom. The molecular formula is C25H45N5O3S. The normalized spacial score (nSPS) is 14.6. The molecule has 0 bridgehead atoms. The van der Waals surface area contributed by atoms with Crippen molar-refractivity contribution in [2.45, 2.75) is 98.9 Å². The Kier molecular flexibility index (Phi) is 11.8. The highest BCUT2D eigenvalue weighted by atomic mass is 32.1. The topological polar surface area (TPSA) is 89.8 Å². The predicted molar refractivity (Wildman–Crippen MR) is 141 cm³/mol. The quantitative estimate of drug-likeness (QED) is 0.459. The number of methoxy groups -OCH3 is 1. The predicted octanol–water partition coefficient (Wildman–Crippen LogP) is 5.73. The SMILES string of the molecule is CC(C)(C)OC(=O)NCc1cn2ncc(C(NS)C3CC3)cc2n1.CC(C)C.COC(C)(C)C. The maximum atomic E-state index is 11.7. The largest absolute Gasteiger partial charge is 0.444 e. The third-order valence-corrected chi connectivity index (χ3v) is 4.69. The molecule has 2 aromatic heterocycles. The zero-order chi connectivity index (χ0) is 26.1. The number of imidazole rings is 1. The first-order valence-electron chi connectivity index (χ1n) is 11.9. The van der Waals surface area contributed by atoms with Gasteiger partial charge in [-0.3, -0.25) is 4.72 Å². The van der Waals surface area contributed by atoms with Crippen LogP contribution in [0.2, 0.25) is 0 Å². The van der Waals surface area contributed by atoms with E-state index in [1.807, 2.05) is 53.8 Å². The molecule has 0 spiro atoms. The smallest absolute Gasteiger partial charge is 0.407 e. The van der Waals surface area contributed by atoms with Crippen LogP contribution in [0.25, 0.3) is 5.65 Å². The molecule has 2 aromatic rings. The van der Waals surface area contributed by atoms with Crippen molar-refractivity contribution in [2.24, 2.45) is 11.8 Å². The van der Waals surface area contributed by atoms with E-state index in [0.717, 1.165) is 22.8 Å². The van der Waals surface area contributed by atoms with Gasteiger partial charge in [0.15, 0.2) is 5.65 Å². The van der Waals surface area contributed by atoms with Crippen molar-refractivity contribution >= 4 is 24.6 Å². The van der Waals surface area contributed by atoms with Gasteiger partial charge in [0.1, 0.15) is 5.60 Å². The fourth-order valence-electron chi connectivity index (χ4n) is 2.55. The molecular weight excluding hydrogens is 450 g/mol. The molecule has 194 valence electrons. The Labute approximate surface area is 211 Å². The first-order valence-corrected chi connectivity index (χ1v) is 12.4. The van der Waals surface area contributed by atoms with Crippen molar-refractivity contribution in [3.8, 4) is 0 Å². The van der Waals surface area contributed by atoms with E-state index in [0.29, 0.717) is 12.5 Å². The minimum Gasteiger partial charge on any atom is -0.444 e. The van der Waals surface area contributed by atoms with Crippen LogP contribution in [0, 0.1) is 11.8 Å². The summed E-state index contributed by atoms with van der Waals surface area (Å²) in [6.07, 6.45) is 5.61. The van der Waals surface area contributed by atoms with Crippen molar-refractivity contribution in [2.75, 3.05) is 7.11 Å². The standard InChI is InChI=1S/C16H23N5O2S.C5H12O.C4H10/c1-16(2,3)23-15(22)17-8-12-9-21-13(19-12)6-11(7-18-21)14(20-24)10-4-5-10;1-5(2,3)6-4;1-4(2)3/h6-7,9-10,14,20,24H,4-5,8H2,1-3H3,(H,17,22);1-4H3;4H,1-3H3. The van der Waals surface area contributed by atoms with E-state index < -0.39 is 11.7 Å². The van der Waals surface area contributed by atoms with Crippen LogP contribution in [0.15, 0.2) is 18.5 Å². The van der Waals surface area contributed by atoms with E-state index in [-0.39, 0.29) is 11.6 Å². The first kappa shape index (κ1) is 30.2. The molecule has 1 atom stereocenters. The molecule has 9 heteroatoms. The van der Waals surface area contributed by atoms with Crippen molar-refractivity contribution in [1.82, 2.24) is 24.6 Å². The van der Waals surface area contributed by atoms with Gasteiger partial charge in [-0.2, -0.15) is 5.10 Å². The van der Waals surface area contributed by atoms with Crippen LogP contribution >= 0.6 is 12.8 Å². The van der Waals surface area contributed by atoms with E-state index >= 15 is 0 Å². The minimum absolute atomic E-state index is 0.0417. The van der Waals surface area contributed by atoms with Crippen LogP contribution in [-0.4, -0.2) is 39.0 Å². The van der Waals surface area contributed by atoms with Crippen molar-refractivity contribution in [3.63, 3.8) is 0 Å². The molecule has 3 rings (SSSR count). The number of rotatable bonds is 5. The van der Waals surface area contributed by atoms with Crippen LogP contribution < -0.4 is 10.0 Å². The van der Waals surface area contributed by atoms with Gasteiger partial charge in [-0.1, -0.05) is 33.6 Å². The summed E-state index contributed by atoms with van der Waals surface area (Å²) in [5.74, 6) is 1.45. The van der Waals surface area contributed by atoms with Gasteiger partial charge in [-0.15, -0.1) is 0 Å². The number of hydrogen-bond acceptors (Lipinski definition) is 7. The van der Waals surface area contributed by atoms with Crippen LogP contribution in [0.4, 0.5) is 4.79 Å². The summed E-state index contributed by atoms with van der Waals surface area (Å²) in [5.41, 5.74) is 2.09. The van der Waals surface area contributed by atoms with Crippen LogP contribution in [-0.2, 0) is 16.0 Å². The summed E-state index contributed by atoms with van der Waals surface area (Å²) in [6.45, 7) is 18.3. The number of ether oxygens (including phenoxy) is 2. The molecule has 0 aliphatic heterocycles. The van der Waals surface area contributed by atoms with Gasteiger partial charge >= 0.3 is 6.09 Å². The molecule has 0 radical (unpaired) electrons. The van der Waals surface area contributed by atoms with Crippen LogP contribution in [0.5, 0.6) is 0 Å². The molecule has 1 aliphatic carbocycles. The van der Waals surface area contributed by atoms with E-state index in [1.54, 1.807) is 17.8 Å². The zero-order valence-corrected chi connectivity index (χ0v) is 23.5. The third-order valence-electron chi connectivity index (χ3n) is 4.41. The Balaban J connectivity index is 0.000000489. The Morgan fingerprint density at radius 2 is 1.74 bits per heavy atom. The fourth-order valence-corrected chi connectivity index (χ4v) is 2.91. The molecule has 34 heavy (non-hydrogen) atoms. The van der Waals surface area contributed by atoms with Gasteiger partial charge in [0.25, 0.3) is 0 Å². The molecule has 1 unspecified atom stereocenters. The molecule has 0 saturated heterocycles. The maximum Gasteiger partial charge on any atom is 0.407 e. The Morgan fingerprint density at radius 3 is 2.18 bits per heavy atom. The second-order valence-corrected chi connectivity index (χ2v) is 11.4. The summed E-state index contributed by atoms with van der Waals surface area (Å²) in [7, 11) is 1.71. The highest BCUT2D eigenvalue weighted by Gasteiger charge is 2.32. The number of nitrogens with one attached hydrogen (secondary N) is 2. The minimum atomic E-state index is -0.517. The number of nitrogens with zero attached hydrogens (tertiary/aromatic N) is 3. The van der Waals surface area contributed by atoms with E-state index in [2.05, 4.69) is 53.7 Å². The number of amides is 1. The Hall–Kier alpha value is -1.84. The highest BCUT2D eigenvalue weighted by Crippen LogP contribution is 2.41. The number of aromatic nitrogens is 3. The lowest BCUT2D eigenvalue weighted by Gasteiger charge is -2.19. The summed E-state index contributed by atoms with van der Waals surface area (Å²) < 4.78 is 14.9. The third kappa shape index (κ3) is 12.6. The maximum absolute atomic E-state index is 11.7. The van der Waals surface area contributed by atoms with Gasteiger partial charge in [-0.25, -0.2) is 14.3 Å². The number of carbonyl (C=O) groups excluding carboxylic acids is 1. The van der Waals surface area contributed by atoms with Gasteiger partial charge in [0.05, 0.1) is 30.2 Å². The van der Waals surface area contributed by atoms with E-state index in [9.17, 15) is 4.79 Å². The van der Waals surface area contributed by atoms with Gasteiger partial charge in [0, 0.05) is 13.2 Å². The average molecular weight is 496 g/mol. The van der Waals surface area contributed by atoms with Crippen LogP contribution in [0.1, 0.15) is 92.5 Å². The molecule has 2 N–H and O–H groups in total. The lowest BCUT2D eigenvalue weighted by molar-refractivity contribution is 0.0397. The van der Waals surface area contributed by atoms with Gasteiger partial charge < -0.3 is 14.8 Å². The molecule has 1 fully saturated rings. The summed E-state index contributed by atoms with van der Waals surface area (Å²) >= 11 is 4.23. The molecule has 8 nitrogen and oxygen atoms in total. The second kappa shape index (κ2) is 13.3. The summed E-state index contributed by atoms with van der Waals surface area (Å²) in [4.78, 5) is 16.2. The molecule has 1 aliphatic rings. The molecule has 1 saturated carbocycles. The number of carbonyl (C=O) groups is 1. The van der Waals surface area contributed by atoms with Crippen molar-refractivity contribution in [3.05, 3.63) is 29.7 Å². The highest BCUT2D eigenvalue weighted by molar-refractivity contribution is 7.78. The summed E-state index contributed by atoms with van der Waals surface area (Å²) in [5, 5.41) is 7.11. The van der Waals surface area contributed by atoms with Gasteiger partial charge in [-0.05, 0) is 77.8 Å². The average Bonchev–Trinajstić information content (AvgIpc) is 3.43. The van der Waals surface area contributed by atoms with Gasteiger partial charge in [0.2, 0.25) is 0 Å². The van der Waals surface area contributed by atoms with E-state index in [4.69, 9.17) is 9.47 Å². The lowest BCUT2D eigenvalue weighted by atomic mass is 10.1. The molecule has 1 amide bonds. The first-order chi connectivity index (χ1) is 15.6. The summed E-state index contributed by atoms with van der Waals surface area (Å²) in [6, 6.07) is 2.21. The monoisotopic (exact) mass is 495 g/mol. The van der Waals surface area contributed by atoms with Crippen molar-refractivity contribution < 1.29 is 14.3 Å². The fraction of sp³-hybridized carbons (Fsp3) is 0.720. The second-order valence-electron chi connectivity index (χ2n) is 11.2. The number of hydrogen-bond donors (Lipinski definition) is 3. The van der Waals surface area contributed by atoms with Crippen molar-refractivity contribution in [1.29, 1.82) is 0 Å². The zero-order valence-electron chi connectivity index (χ0n) is 22.6. The van der Waals surface area contributed by atoms with Crippen LogP contribution in [0.3, 0.4) is 0 Å². The molecule has 0 aromatic carbocycles.